The van der Waals surface area contributed by atoms with Gasteiger partial charge in [-0.15, -0.1) is 0 Å². The lowest BCUT2D eigenvalue weighted by Crippen LogP contribution is -2.41. The minimum absolute atomic E-state index is 0.0640. The fourth-order valence-electron chi connectivity index (χ4n) is 3.06. The molecule has 9 heteroatoms. The average molecular weight is 428 g/mol. The van der Waals surface area contributed by atoms with Crippen molar-refractivity contribution in [3.05, 3.63) is 52.6 Å². The van der Waals surface area contributed by atoms with Crippen molar-refractivity contribution in [3.63, 3.8) is 0 Å². The summed E-state index contributed by atoms with van der Waals surface area (Å²) in [4.78, 5) is 37.7. The number of hydrogen-bond donors (Lipinski definition) is 3. The fourth-order valence-corrected chi connectivity index (χ4v) is 3.06. The summed E-state index contributed by atoms with van der Waals surface area (Å²) in [7, 11) is 1.57. The monoisotopic (exact) mass is 428 g/mol. The Morgan fingerprint density at radius 1 is 1.29 bits per heavy atom. The molecule has 0 aliphatic rings. The average Bonchev–Trinajstić information content (AvgIpc) is 3.06. The topological polar surface area (TPSA) is 124 Å². The van der Waals surface area contributed by atoms with Crippen LogP contribution in [0.5, 0.6) is 0 Å². The number of ketones is 1. The number of hydrogen-bond acceptors (Lipinski definition) is 5. The maximum absolute atomic E-state index is 13.5. The van der Waals surface area contributed by atoms with Crippen molar-refractivity contribution in [2.45, 2.75) is 39.2 Å². The van der Waals surface area contributed by atoms with Gasteiger partial charge in [-0.05, 0) is 37.6 Å². The Morgan fingerprint density at radius 3 is 2.61 bits per heavy atom. The van der Waals surface area contributed by atoms with Gasteiger partial charge >= 0.3 is 0 Å². The number of carbonyl (C=O) groups excluding carboxylic acids is 3. The van der Waals surface area contributed by atoms with Gasteiger partial charge in [-0.25, -0.2) is 4.39 Å². The van der Waals surface area contributed by atoms with E-state index in [1.165, 1.54) is 22.8 Å². The van der Waals surface area contributed by atoms with Crippen molar-refractivity contribution < 1.29 is 23.9 Å². The van der Waals surface area contributed by atoms with Crippen LogP contribution in [0.15, 0.2) is 24.3 Å². The molecule has 164 valence electrons. The number of anilines is 1. The Labute approximate surface area is 179 Å². The number of Topliss-reactive ketones (excluding diaryl/α,β-unsaturated/α-hetero) is 1. The Bertz CT molecular complexity index is 1040. The molecule has 1 heterocycles. The van der Waals surface area contributed by atoms with Crippen molar-refractivity contribution in [2.75, 3.05) is 11.9 Å². The molecule has 0 aliphatic heterocycles. The highest BCUT2D eigenvalue weighted by Gasteiger charge is 2.26. The van der Waals surface area contributed by atoms with Crippen LogP contribution in [-0.2, 0) is 11.8 Å². The molecule has 2 rings (SSSR count). The third-order valence-electron chi connectivity index (χ3n) is 5.03. The quantitative estimate of drug-likeness (QED) is 0.418. The first kappa shape index (κ1) is 23.8. The van der Waals surface area contributed by atoms with E-state index < -0.39 is 29.5 Å². The number of nitriles is 1. The van der Waals surface area contributed by atoms with Gasteiger partial charge in [0.25, 0.3) is 17.6 Å². The Hall–Kier alpha value is -3.51. The van der Waals surface area contributed by atoms with Crippen molar-refractivity contribution in [3.8, 4) is 6.07 Å². The zero-order valence-corrected chi connectivity index (χ0v) is 17.7. The second-order valence-corrected chi connectivity index (χ2v) is 7.17. The molecule has 0 spiro atoms. The first-order chi connectivity index (χ1) is 14.7. The third-order valence-corrected chi connectivity index (χ3v) is 5.03. The summed E-state index contributed by atoms with van der Waals surface area (Å²) in [6.45, 7) is 3.31. The molecule has 1 aromatic heterocycles. The molecular weight excluding hydrogens is 403 g/mol. The van der Waals surface area contributed by atoms with E-state index in [4.69, 9.17) is 5.26 Å². The van der Waals surface area contributed by atoms with E-state index in [1.54, 1.807) is 20.0 Å². The molecule has 0 saturated heterocycles. The number of aliphatic hydroxyl groups excluding tert-OH is 1. The standard InChI is InChI=1S/C22H25FN4O4/c1-4-5-6-16(12-28)26-22(31)20(29)17-10-19(27(3)13(17)2)21(30)25-15-7-8-18(23)14(9-15)11-24/h7-10,16,28H,4-6,12H2,1-3H3,(H,25,30)(H,26,31). The zero-order chi connectivity index (χ0) is 23.1. The van der Waals surface area contributed by atoms with Gasteiger partial charge in [0.2, 0.25) is 0 Å². The lowest BCUT2D eigenvalue weighted by Gasteiger charge is -2.15. The van der Waals surface area contributed by atoms with Gasteiger partial charge < -0.3 is 20.3 Å². The molecule has 2 amide bonds. The molecule has 0 aliphatic carbocycles. The van der Waals surface area contributed by atoms with Gasteiger partial charge in [-0.3, -0.25) is 14.4 Å². The lowest BCUT2D eigenvalue weighted by atomic mass is 10.1. The second-order valence-electron chi connectivity index (χ2n) is 7.17. The molecule has 8 nitrogen and oxygen atoms in total. The molecule has 0 saturated carbocycles. The third kappa shape index (κ3) is 5.55. The molecule has 0 radical (unpaired) electrons. The Kier molecular flexibility index (Phi) is 8.05. The van der Waals surface area contributed by atoms with E-state index >= 15 is 0 Å². The summed E-state index contributed by atoms with van der Waals surface area (Å²) < 4.78 is 14.9. The van der Waals surface area contributed by atoms with Crippen LogP contribution in [0.4, 0.5) is 10.1 Å². The van der Waals surface area contributed by atoms with Gasteiger partial charge in [0.05, 0.1) is 18.2 Å². The number of unbranched alkanes of at least 4 members (excludes halogenated alkanes) is 1. The van der Waals surface area contributed by atoms with Gasteiger partial charge in [-0.2, -0.15) is 5.26 Å². The summed E-state index contributed by atoms with van der Waals surface area (Å²) in [5.41, 5.74) is 0.593. The number of amides is 2. The van der Waals surface area contributed by atoms with Gasteiger partial charge in [-0.1, -0.05) is 19.8 Å². The van der Waals surface area contributed by atoms with Crippen LogP contribution in [0.1, 0.15) is 58.3 Å². The molecule has 0 bridgehead atoms. The number of aromatic nitrogens is 1. The Balaban J connectivity index is 2.20. The van der Waals surface area contributed by atoms with E-state index in [2.05, 4.69) is 10.6 Å². The van der Waals surface area contributed by atoms with Crippen LogP contribution in [0.2, 0.25) is 0 Å². The van der Waals surface area contributed by atoms with E-state index in [0.29, 0.717) is 12.1 Å². The summed E-state index contributed by atoms with van der Waals surface area (Å²) in [5.74, 6) is -2.95. The van der Waals surface area contributed by atoms with Crippen molar-refractivity contribution >= 4 is 23.3 Å². The highest BCUT2D eigenvalue weighted by Crippen LogP contribution is 2.19. The SMILES string of the molecule is CCCCC(CO)NC(=O)C(=O)c1cc(C(=O)Nc2ccc(F)c(C#N)c2)n(C)c1C. The molecule has 31 heavy (non-hydrogen) atoms. The van der Waals surface area contributed by atoms with Crippen molar-refractivity contribution in [1.29, 1.82) is 5.26 Å². The molecule has 1 aromatic carbocycles. The number of nitrogens with zero attached hydrogens (tertiary/aromatic N) is 2. The van der Waals surface area contributed by atoms with Crippen LogP contribution in [0, 0.1) is 24.1 Å². The molecule has 3 N–H and O–H groups in total. The van der Waals surface area contributed by atoms with Crippen molar-refractivity contribution in [1.82, 2.24) is 9.88 Å². The largest absolute Gasteiger partial charge is 0.394 e. The maximum Gasteiger partial charge on any atom is 0.292 e. The minimum Gasteiger partial charge on any atom is -0.394 e. The molecular formula is C22H25FN4O4. The second kappa shape index (κ2) is 10.5. The summed E-state index contributed by atoms with van der Waals surface area (Å²) >= 11 is 0. The summed E-state index contributed by atoms with van der Waals surface area (Å²) in [5, 5.41) is 23.4. The van der Waals surface area contributed by atoms with E-state index in [-0.39, 0.29) is 29.1 Å². The number of halogens is 1. The number of rotatable bonds is 9. The highest BCUT2D eigenvalue weighted by atomic mass is 19.1. The lowest BCUT2D eigenvalue weighted by molar-refractivity contribution is -0.118. The van der Waals surface area contributed by atoms with Gasteiger partial charge in [0.15, 0.2) is 0 Å². The molecule has 0 fully saturated rings. The summed E-state index contributed by atoms with van der Waals surface area (Å²) in [6.07, 6.45) is 2.24. The van der Waals surface area contributed by atoms with Crippen LogP contribution < -0.4 is 10.6 Å². The number of nitrogens with one attached hydrogen (secondary N) is 2. The van der Waals surface area contributed by atoms with Crippen LogP contribution in [0.25, 0.3) is 0 Å². The van der Waals surface area contributed by atoms with E-state index in [0.717, 1.165) is 18.9 Å². The predicted molar refractivity (Wildman–Crippen MR) is 112 cm³/mol. The molecule has 1 unspecified atom stereocenters. The molecule has 1 atom stereocenters. The van der Waals surface area contributed by atoms with E-state index in [1.807, 2.05) is 6.92 Å². The smallest absolute Gasteiger partial charge is 0.292 e. The normalized spacial score (nSPS) is 11.5. The minimum atomic E-state index is -0.854. The predicted octanol–water partition coefficient (Wildman–Crippen LogP) is 2.45. The first-order valence-corrected chi connectivity index (χ1v) is 9.86. The van der Waals surface area contributed by atoms with Crippen molar-refractivity contribution in [2.24, 2.45) is 7.05 Å². The maximum atomic E-state index is 13.5. The Morgan fingerprint density at radius 2 is 2.00 bits per heavy atom. The van der Waals surface area contributed by atoms with Crippen LogP contribution in [-0.4, -0.2) is 39.9 Å². The number of aliphatic hydroxyl groups is 1. The van der Waals surface area contributed by atoms with Crippen LogP contribution in [0.3, 0.4) is 0 Å². The van der Waals surface area contributed by atoms with Gasteiger partial charge in [0, 0.05) is 24.0 Å². The van der Waals surface area contributed by atoms with E-state index in [9.17, 15) is 23.9 Å². The number of carbonyl (C=O) groups is 3. The fraction of sp³-hybridized carbons (Fsp3) is 0.364. The number of benzene rings is 1. The van der Waals surface area contributed by atoms with Crippen LogP contribution >= 0.6 is 0 Å². The molecule has 2 aromatic rings. The zero-order valence-electron chi connectivity index (χ0n) is 17.7. The highest BCUT2D eigenvalue weighted by molar-refractivity contribution is 6.43. The summed E-state index contributed by atoms with van der Waals surface area (Å²) in [6, 6.07) is 6.07. The van der Waals surface area contributed by atoms with Gasteiger partial charge in [0.1, 0.15) is 17.6 Å². The first-order valence-electron chi connectivity index (χ1n) is 9.86.